The van der Waals surface area contributed by atoms with E-state index in [1.54, 1.807) is 0 Å². The molecule has 9 nitrogen and oxygen atoms in total. The first-order valence-electron chi connectivity index (χ1n) is 36.6. The van der Waals surface area contributed by atoms with Crippen molar-refractivity contribution in [2.24, 2.45) is 0 Å². The molecule has 0 rings (SSSR count). The Morgan fingerprint density at radius 2 is 0.718 bits per heavy atom. The van der Waals surface area contributed by atoms with Crippen LogP contribution in [0.1, 0.15) is 355 Å². The summed E-state index contributed by atoms with van der Waals surface area (Å²) in [6.07, 6.45) is 83.4. The van der Waals surface area contributed by atoms with Gasteiger partial charge in [-0.05, 0) is 76.7 Å². The van der Waals surface area contributed by atoms with Gasteiger partial charge in [0.2, 0.25) is 5.91 Å². The van der Waals surface area contributed by atoms with Crippen LogP contribution in [0, 0.1) is 0 Å². The molecule has 0 radical (unpaired) electrons. The van der Waals surface area contributed by atoms with Gasteiger partial charge in [-0.15, -0.1) is 0 Å². The van der Waals surface area contributed by atoms with Crippen molar-refractivity contribution in [3.63, 3.8) is 0 Å². The third-order valence-corrected chi connectivity index (χ3v) is 17.4. The Morgan fingerprint density at radius 3 is 1.09 bits per heavy atom. The van der Waals surface area contributed by atoms with Crippen LogP contribution in [0.4, 0.5) is 0 Å². The number of rotatable bonds is 67. The predicted molar refractivity (Wildman–Crippen MR) is 367 cm³/mol. The minimum absolute atomic E-state index is 0.0220. The second-order valence-corrected chi connectivity index (χ2v) is 27.5. The van der Waals surface area contributed by atoms with Crippen molar-refractivity contribution in [1.29, 1.82) is 0 Å². The van der Waals surface area contributed by atoms with Crippen LogP contribution >= 0.6 is 7.82 Å². The Balaban J connectivity index is 5.05. The smallest absolute Gasteiger partial charge is 0.306 e. The van der Waals surface area contributed by atoms with Crippen LogP contribution in [0.3, 0.4) is 0 Å². The van der Waals surface area contributed by atoms with Gasteiger partial charge in [-0.3, -0.25) is 14.2 Å². The summed E-state index contributed by atoms with van der Waals surface area (Å²) in [5.74, 6) is -0.528. The van der Waals surface area contributed by atoms with Crippen LogP contribution in [0.5, 0.6) is 0 Å². The average Bonchev–Trinajstić information content (AvgIpc) is 3.53. The van der Waals surface area contributed by atoms with Crippen molar-refractivity contribution >= 4 is 19.7 Å². The highest BCUT2D eigenvalue weighted by atomic mass is 31.2. The lowest BCUT2D eigenvalue weighted by Crippen LogP contribution is -2.47. The largest absolute Gasteiger partial charge is 0.756 e. The number of carbonyl (C=O) groups excluding carboxylic acids is 2. The van der Waals surface area contributed by atoms with Crippen LogP contribution in [-0.4, -0.2) is 69.4 Å². The van der Waals surface area contributed by atoms with E-state index in [0.717, 1.165) is 77.0 Å². The maximum atomic E-state index is 13.6. The summed E-state index contributed by atoms with van der Waals surface area (Å²) >= 11 is 0. The number of phosphoric acid groups is 1. The minimum atomic E-state index is -4.71. The van der Waals surface area contributed by atoms with Crippen molar-refractivity contribution < 1.29 is 37.3 Å². The number of nitrogens with one attached hydrogen (secondary N) is 1. The fourth-order valence-corrected chi connectivity index (χ4v) is 11.5. The lowest BCUT2D eigenvalue weighted by molar-refractivity contribution is -0.870. The maximum Gasteiger partial charge on any atom is 0.306 e. The van der Waals surface area contributed by atoms with Gasteiger partial charge in [-0.2, -0.15) is 0 Å². The molecule has 0 aliphatic carbocycles. The predicted octanol–water partition coefficient (Wildman–Crippen LogP) is 22.7. The standard InChI is InChI=1S/C75H141N2O7P/c1-7-10-13-16-19-22-25-28-30-32-34-35-36-37-38-39-40-41-43-44-46-49-52-55-58-61-64-67-74(78)76-72(71-83-85(80,81)82-70-69-77(4,5)6)73(66-63-60-57-54-51-48-27-24-21-18-15-12-9-3)84-75(79)68-65-62-59-56-53-50-47-45-42-33-31-29-26-23-20-17-14-11-8-2/h19,22,28,30,34-35,37-38,63,66,72-73H,7-18,20-21,23-27,29,31-33,36,39-62,64-65,67-71H2,1-6H3,(H-,76,78,80,81)/b22-19-,30-28-,35-34-,38-37-,66-63-. The summed E-state index contributed by atoms with van der Waals surface area (Å²) in [5, 5.41) is 3.05. The molecule has 0 saturated heterocycles. The molecule has 10 heteroatoms. The molecular weight excluding hydrogens is 1070 g/mol. The first-order valence-corrected chi connectivity index (χ1v) is 38.1. The topological polar surface area (TPSA) is 114 Å². The second kappa shape index (κ2) is 64.7. The SMILES string of the molecule is CCCCC/C=C\C/C=C\C/C=C\C/C=C\CCCCCCCCCCCCCC(=O)NC(COP(=O)([O-])OCC[N+](C)(C)C)C(/C=C\CCCCCCCCCCCCC)OC(=O)CCCCCCCCCCCCCCCCCCCCC. The number of esters is 1. The summed E-state index contributed by atoms with van der Waals surface area (Å²) < 4.78 is 30.5. The first kappa shape index (κ1) is 82.7. The van der Waals surface area contributed by atoms with Crippen LogP contribution in [0.25, 0.3) is 0 Å². The Labute approximate surface area is 528 Å². The zero-order chi connectivity index (χ0) is 62.1. The van der Waals surface area contributed by atoms with Crippen LogP contribution in [-0.2, 0) is 27.9 Å². The quantitative estimate of drug-likeness (QED) is 0.0212. The van der Waals surface area contributed by atoms with Crippen LogP contribution in [0.15, 0.2) is 60.8 Å². The van der Waals surface area contributed by atoms with E-state index in [4.69, 9.17) is 13.8 Å². The van der Waals surface area contributed by atoms with E-state index in [9.17, 15) is 19.0 Å². The number of likely N-dealkylation sites (N-methyl/N-ethyl adjacent to an activating group) is 1. The highest BCUT2D eigenvalue weighted by Gasteiger charge is 2.27. The number of carbonyl (C=O) groups is 2. The number of allylic oxidation sites excluding steroid dienone is 9. The van der Waals surface area contributed by atoms with E-state index in [1.807, 2.05) is 33.3 Å². The van der Waals surface area contributed by atoms with Crippen molar-refractivity contribution in [1.82, 2.24) is 5.32 Å². The molecule has 3 atom stereocenters. The Kier molecular flexibility index (Phi) is 62.9. The lowest BCUT2D eigenvalue weighted by Gasteiger charge is -2.30. The molecule has 3 unspecified atom stereocenters. The number of unbranched alkanes of at least 4 members (excludes halogenated alkanes) is 43. The summed E-state index contributed by atoms with van der Waals surface area (Å²) in [5.41, 5.74) is 0. The highest BCUT2D eigenvalue weighted by Crippen LogP contribution is 2.38. The molecular formula is C75H141N2O7P. The molecule has 0 heterocycles. The molecule has 0 bridgehead atoms. The number of hydrogen-bond acceptors (Lipinski definition) is 7. The van der Waals surface area contributed by atoms with Gasteiger partial charge in [-0.25, -0.2) is 0 Å². The normalized spacial score (nSPS) is 13.8. The molecule has 1 N–H and O–H groups in total. The fraction of sp³-hybridized carbons (Fsp3) is 0.840. The van der Waals surface area contributed by atoms with E-state index >= 15 is 0 Å². The molecule has 85 heavy (non-hydrogen) atoms. The Morgan fingerprint density at radius 1 is 0.412 bits per heavy atom. The van der Waals surface area contributed by atoms with Crippen LogP contribution in [0.2, 0.25) is 0 Å². The number of phosphoric ester groups is 1. The molecule has 0 aromatic carbocycles. The Hall–Kier alpha value is -2.29. The van der Waals surface area contributed by atoms with E-state index in [0.29, 0.717) is 17.4 Å². The van der Waals surface area contributed by atoms with Gasteiger partial charge < -0.3 is 28.5 Å². The van der Waals surface area contributed by atoms with Gasteiger partial charge in [0.05, 0.1) is 33.8 Å². The molecule has 1 amide bonds. The van der Waals surface area contributed by atoms with E-state index < -0.39 is 20.0 Å². The number of nitrogens with zero attached hydrogens (tertiary/aromatic N) is 1. The van der Waals surface area contributed by atoms with Crippen molar-refractivity contribution in [3.8, 4) is 0 Å². The Bertz CT molecular complexity index is 1640. The third kappa shape index (κ3) is 66.0. The molecule has 0 aromatic heterocycles. The minimum Gasteiger partial charge on any atom is -0.756 e. The van der Waals surface area contributed by atoms with Crippen LogP contribution < -0.4 is 10.2 Å². The summed E-state index contributed by atoms with van der Waals surface area (Å²) in [6, 6.07) is -0.890. The molecule has 0 aromatic rings. The van der Waals surface area contributed by atoms with Gasteiger partial charge in [0.15, 0.2) is 0 Å². The summed E-state index contributed by atoms with van der Waals surface area (Å²) in [4.78, 5) is 40.2. The summed E-state index contributed by atoms with van der Waals surface area (Å²) in [7, 11) is 1.19. The van der Waals surface area contributed by atoms with E-state index in [1.165, 1.54) is 244 Å². The number of hydrogen-bond donors (Lipinski definition) is 1. The average molecular weight is 1210 g/mol. The second-order valence-electron chi connectivity index (χ2n) is 26.1. The van der Waals surface area contributed by atoms with Gasteiger partial charge in [0.25, 0.3) is 7.82 Å². The van der Waals surface area contributed by atoms with Gasteiger partial charge in [0, 0.05) is 12.8 Å². The fourth-order valence-electron chi connectivity index (χ4n) is 10.8. The number of quaternary nitrogens is 1. The monoisotopic (exact) mass is 1210 g/mol. The highest BCUT2D eigenvalue weighted by molar-refractivity contribution is 7.45. The zero-order valence-corrected chi connectivity index (χ0v) is 58.0. The molecule has 498 valence electrons. The number of ether oxygens (including phenoxy) is 1. The van der Waals surface area contributed by atoms with Crippen molar-refractivity contribution in [3.05, 3.63) is 60.8 Å². The molecule has 0 saturated carbocycles. The lowest BCUT2D eigenvalue weighted by atomic mass is 10.0. The maximum absolute atomic E-state index is 13.6. The van der Waals surface area contributed by atoms with E-state index in [-0.39, 0.29) is 31.5 Å². The van der Waals surface area contributed by atoms with Gasteiger partial charge in [-0.1, -0.05) is 326 Å². The molecule has 0 spiro atoms. The first-order chi connectivity index (χ1) is 41.4. The summed E-state index contributed by atoms with van der Waals surface area (Å²) in [6.45, 7) is 6.87. The van der Waals surface area contributed by atoms with Crippen molar-refractivity contribution in [2.45, 2.75) is 367 Å². The zero-order valence-electron chi connectivity index (χ0n) is 57.1. The molecule has 0 fully saturated rings. The molecule has 0 aliphatic heterocycles. The number of amides is 1. The van der Waals surface area contributed by atoms with Gasteiger partial charge in [0.1, 0.15) is 19.3 Å². The third-order valence-electron chi connectivity index (χ3n) is 16.5. The van der Waals surface area contributed by atoms with E-state index in [2.05, 4.69) is 74.7 Å². The van der Waals surface area contributed by atoms with Gasteiger partial charge >= 0.3 is 5.97 Å². The van der Waals surface area contributed by atoms with Crippen molar-refractivity contribution in [2.75, 3.05) is 40.9 Å². The molecule has 0 aliphatic rings.